The van der Waals surface area contributed by atoms with Crippen molar-refractivity contribution in [1.29, 1.82) is 0 Å². The van der Waals surface area contributed by atoms with Gasteiger partial charge in [0.25, 0.3) is 0 Å². The molecule has 5 nitrogen and oxygen atoms in total. The summed E-state index contributed by atoms with van der Waals surface area (Å²) in [4.78, 5) is 26.8. The topological polar surface area (TPSA) is 64.0 Å². The fraction of sp³-hybridized carbons (Fsp3) is 0.267. The highest BCUT2D eigenvalue weighted by atomic mass is 19.4. The molecule has 0 radical (unpaired) electrons. The summed E-state index contributed by atoms with van der Waals surface area (Å²) in [6, 6.07) is 5.58. The Morgan fingerprint density at radius 2 is 1.96 bits per heavy atom. The molecule has 2 rings (SSSR count). The Morgan fingerprint density at radius 3 is 2.52 bits per heavy atom. The van der Waals surface area contributed by atoms with Gasteiger partial charge in [0.2, 0.25) is 5.91 Å². The standard InChI is InChI=1S/C15H14F3N3O2/c1-10(11-3-5-12(6-4-11)15(16,17)18)20-13(22)9-21-8-2-7-19-14(21)23/h2-8,10H,9H2,1H3,(H,20,22)/t10-/m1/s1. The van der Waals surface area contributed by atoms with Crippen molar-refractivity contribution in [3.8, 4) is 0 Å². The Hall–Kier alpha value is -2.64. The molecule has 1 amide bonds. The van der Waals surface area contributed by atoms with Gasteiger partial charge in [0.05, 0.1) is 11.6 Å². The molecule has 0 aliphatic rings. The van der Waals surface area contributed by atoms with Crippen molar-refractivity contribution >= 4 is 5.91 Å². The Morgan fingerprint density at radius 1 is 1.30 bits per heavy atom. The molecular formula is C15H14F3N3O2. The maximum Gasteiger partial charge on any atom is 0.416 e. The van der Waals surface area contributed by atoms with Gasteiger partial charge in [-0.3, -0.25) is 9.36 Å². The molecule has 1 N–H and O–H groups in total. The quantitative estimate of drug-likeness (QED) is 0.937. The zero-order valence-corrected chi connectivity index (χ0v) is 12.2. The fourth-order valence-corrected chi connectivity index (χ4v) is 1.99. The maximum absolute atomic E-state index is 12.5. The molecule has 0 spiro atoms. The van der Waals surface area contributed by atoms with Crippen LogP contribution in [0.1, 0.15) is 24.1 Å². The van der Waals surface area contributed by atoms with Crippen LogP contribution in [0, 0.1) is 0 Å². The van der Waals surface area contributed by atoms with Crippen LogP contribution in [0.4, 0.5) is 13.2 Å². The van der Waals surface area contributed by atoms with Crippen LogP contribution >= 0.6 is 0 Å². The van der Waals surface area contributed by atoms with Crippen LogP contribution in [0.15, 0.2) is 47.5 Å². The number of carbonyl (C=O) groups excluding carboxylic acids is 1. The molecule has 2 aromatic rings. The van der Waals surface area contributed by atoms with E-state index in [1.165, 1.54) is 30.6 Å². The van der Waals surface area contributed by atoms with Gasteiger partial charge >= 0.3 is 11.9 Å². The number of benzene rings is 1. The van der Waals surface area contributed by atoms with Crippen LogP contribution in [0.2, 0.25) is 0 Å². The number of carbonyl (C=O) groups is 1. The van der Waals surface area contributed by atoms with Crippen LogP contribution in [-0.4, -0.2) is 15.5 Å². The number of nitrogens with one attached hydrogen (secondary N) is 1. The number of alkyl halides is 3. The molecule has 1 aromatic heterocycles. The van der Waals surface area contributed by atoms with Crippen LogP contribution in [0.3, 0.4) is 0 Å². The molecule has 0 bridgehead atoms. The molecule has 23 heavy (non-hydrogen) atoms. The summed E-state index contributed by atoms with van der Waals surface area (Å²) >= 11 is 0. The average Bonchev–Trinajstić information content (AvgIpc) is 2.49. The third-order valence-electron chi connectivity index (χ3n) is 3.21. The summed E-state index contributed by atoms with van der Waals surface area (Å²) in [5.74, 6) is -0.438. The number of aromatic nitrogens is 2. The van der Waals surface area contributed by atoms with Crippen molar-refractivity contribution in [2.75, 3.05) is 0 Å². The number of hydrogen-bond donors (Lipinski definition) is 1. The van der Waals surface area contributed by atoms with Crippen LogP contribution in [0.5, 0.6) is 0 Å². The SMILES string of the molecule is C[C@@H](NC(=O)Cn1cccnc1=O)c1ccc(C(F)(F)F)cc1. The van der Waals surface area contributed by atoms with Crippen LogP contribution in [0.25, 0.3) is 0 Å². The first kappa shape index (κ1) is 16.7. The maximum atomic E-state index is 12.5. The Labute approximate surface area is 129 Å². The molecule has 1 atom stereocenters. The molecular weight excluding hydrogens is 311 g/mol. The lowest BCUT2D eigenvalue weighted by atomic mass is 10.1. The molecule has 0 saturated carbocycles. The van der Waals surface area contributed by atoms with Crippen LogP contribution in [-0.2, 0) is 17.5 Å². The van der Waals surface area contributed by atoms with E-state index in [2.05, 4.69) is 10.3 Å². The van der Waals surface area contributed by atoms with Crippen LogP contribution < -0.4 is 11.0 Å². The first-order valence-electron chi connectivity index (χ1n) is 6.75. The highest BCUT2D eigenvalue weighted by Gasteiger charge is 2.30. The van der Waals surface area contributed by atoms with Crippen molar-refractivity contribution in [1.82, 2.24) is 14.9 Å². The second-order valence-electron chi connectivity index (χ2n) is 4.94. The molecule has 0 unspecified atom stereocenters. The highest BCUT2D eigenvalue weighted by molar-refractivity contribution is 5.76. The second-order valence-corrected chi connectivity index (χ2v) is 4.94. The first-order valence-corrected chi connectivity index (χ1v) is 6.75. The number of hydrogen-bond acceptors (Lipinski definition) is 3. The van der Waals surface area contributed by atoms with Crippen molar-refractivity contribution in [2.45, 2.75) is 25.7 Å². The lowest BCUT2D eigenvalue weighted by Crippen LogP contribution is -2.34. The summed E-state index contributed by atoms with van der Waals surface area (Å²) in [6.45, 7) is 1.43. The number of rotatable bonds is 4. The third-order valence-corrected chi connectivity index (χ3v) is 3.21. The molecule has 0 aliphatic heterocycles. The van der Waals surface area contributed by atoms with Gasteiger partial charge in [0, 0.05) is 12.4 Å². The van der Waals surface area contributed by atoms with E-state index in [0.29, 0.717) is 5.56 Å². The van der Waals surface area contributed by atoms with E-state index >= 15 is 0 Å². The molecule has 0 aliphatic carbocycles. The van der Waals surface area contributed by atoms with Gasteiger partial charge in [-0.25, -0.2) is 9.78 Å². The minimum atomic E-state index is -4.40. The van der Waals surface area contributed by atoms with E-state index in [1.54, 1.807) is 6.92 Å². The lowest BCUT2D eigenvalue weighted by molar-refractivity contribution is -0.137. The normalized spacial score (nSPS) is 12.7. The van der Waals surface area contributed by atoms with Crippen molar-refractivity contribution in [3.05, 3.63) is 64.3 Å². The van der Waals surface area contributed by atoms with Gasteiger partial charge in [0.1, 0.15) is 6.54 Å². The first-order chi connectivity index (χ1) is 10.8. The van der Waals surface area contributed by atoms with Gasteiger partial charge in [-0.15, -0.1) is 0 Å². The summed E-state index contributed by atoms with van der Waals surface area (Å²) in [5, 5.41) is 2.62. The molecule has 0 fully saturated rings. The predicted molar refractivity (Wildman–Crippen MR) is 76.5 cm³/mol. The van der Waals surface area contributed by atoms with E-state index in [1.807, 2.05) is 0 Å². The Kier molecular flexibility index (Phi) is 4.83. The summed E-state index contributed by atoms with van der Waals surface area (Å²) < 4.78 is 38.6. The fourth-order valence-electron chi connectivity index (χ4n) is 1.99. The summed E-state index contributed by atoms with van der Waals surface area (Å²) in [6.07, 6.45) is -1.65. The Balaban J connectivity index is 2.01. The minimum absolute atomic E-state index is 0.211. The van der Waals surface area contributed by atoms with Gasteiger partial charge in [-0.05, 0) is 30.7 Å². The molecule has 1 aromatic carbocycles. The number of nitrogens with zero attached hydrogens (tertiary/aromatic N) is 2. The zero-order chi connectivity index (χ0) is 17.0. The van der Waals surface area contributed by atoms with Gasteiger partial charge in [0.15, 0.2) is 0 Å². The highest BCUT2D eigenvalue weighted by Crippen LogP contribution is 2.29. The zero-order valence-electron chi connectivity index (χ0n) is 12.2. The third kappa shape index (κ3) is 4.41. The van der Waals surface area contributed by atoms with Gasteiger partial charge in [-0.1, -0.05) is 12.1 Å². The van der Waals surface area contributed by atoms with E-state index in [4.69, 9.17) is 0 Å². The summed E-state index contributed by atoms with van der Waals surface area (Å²) in [7, 11) is 0. The predicted octanol–water partition coefficient (Wildman–Crippen LogP) is 2.14. The van der Waals surface area contributed by atoms with E-state index in [-0.39, 0.29) is 6.54 Å². The monoisotopic (exact) mass is 325 g/mol. The van der Waals surface area contributed by atoms with E-state index in [9.17, 15) is 22.8 Å². The number of amides is 1. The Bertz CT molecular complexity index is 739. The molecule has 1 heterocycles. The second kappa shape index (κ2) is 6.64. The van der Waals surface area contributed by atoms with Gasteiger partial charge in [-0.2, -0.15) is 13.2 Å². The van der Waals surface area contributed by atoms with Crippen molar-refractivity contribution in [3.63, 3.8) is 0 Å². The smallest absolute Gasteiger partial charge is 0.348 e. The number of halogens is 3. The summed E-state index contributed by atoms with van der Waals surface area (Å²) in [5.41, 5.74) is -0.767. The molecule has 122 valence electrons. The molecule has 0 saturated heterocycles. The van der Waals surface area contributed by atoms with Crippen molar-refractivity contribution in [2.24, 2.45) is 0 Å². The van der Waals surface area contributed by atoms with E-state index in [0.717, 1.165) is 16.7 Å². The van der Waals surface area contributed by atoms with E-state index < -0.39 is 29.4 Å². The van der Waals surface area contributed by atoms with Gasteiger partial charge < -0.3 is 5.32 Å². The minimum Gasteiger partial charge on any atom is -0.348 e. The molecule has 8 heteroatoms. The van der Waals surface area contributed by atoms with Crippen molar-refractivity contribution < 1.29 is 18.0 Å². The average molecular weight is 325 g/mol. The lowest BCUT2D eigenvalue weighted by Gasteiger charge is -2.16. The largest absolute Gasteiger partial charge is 0.416 e.